The van der Waals surface area contributed by atoms with Gasteiger partial charge in [-0.05, 0) is 48.4 Å². The molecule has 110 valence electrons. The fourth-order valence-corrected chi connectivity index (χ4v) is 3.38. The maximum Gasteiger partial charge on any atom is 0.0621 e. The number of pyridine rings is 1. The molecule has 0 saturated heterocycles. The number of likely N-dealkylation sites (N-methyl/N-ethyl adjacent to an activating group) is 1. The lowest BCUT2D eigenvalue weighted by atomic mass is 9.99. The number of hydrogen-bond acceptors (Lipinski definition) is 2. The number of halogens is 1. The fraction of sp³-hybridized carbons (Fsp3) is 0.389. The first-order chi connectivity index (χ1) is 10.3. The van der Waals surface area contributed by atoms with Crippen molar-refractivity contribution in [2.75, 3.05) is 6.54 Å². The highest BCUT2D eigenvalue weighted by Crippen LogP contribution is 2.50. The second kappa shape index (κ2) is 6.59. The van der Waals surface area contributed by atoms with Crippen LogP contribution in [0.25, 0.3) is 0 Å². The van der Waals surface area contributed by atoms with E-state index in [1.54, 1.807) is 6.20 Å². The van der Waals surface area contributed by atoms with Gasteiger partial charge in [-0.2, -0.15) is 0 Å². The number of nitrogens with zero attached hydrogens (tertiary/aromatic N) is 1. The summed E-state index contributed by atoms with van der Waals surface area (Å²) in [7, 11) is 0. The molecule has 1 N–H and O–H groups in total. The minimum absolute atomic E-state index is 0.486. The summed E-state index contributed by atoms with van der Waals surface area (Å²) in [5.41, 5.74) is 2.66. The molecule has 1 aliphatic carbocycles. The largest absolute Gasteiger partial charge is 0.314 e. The molecule has 1 aliphatic rings. The number of benzene rings is 1. The Morgan fingerprint density at radius 2 is 2.10 bits per heavy atom. The third-order valence-electron chi connectivity index (χ3n) is 4.35. The molecule has 3 heteroatoms. The quantitative estimate of drug-likeness (QED) is 0.870. The molecule has 1 saturated carbocycles. The van der Waals surface area contributed by atoms with Crippen molar-refractivity contribution in [2.24, 2.45) is 5.92 Å². The third kappa shape index (κ3) is 3.45. The Morgan fingerprint density at radius 1 is 1.29 bits per heavy atom. The van der Waals surface area contributed by atoms with Gasteiger partial charge in [0.25, 0.3) is 0 Å². The molecule has 1 aromatic heterocycles. The van der Waals surface area contributed by atoms with E-state index < -0.39 is 0 Å². The van der Waals surface area contributed by atoms with Gasteiger partial charge >= 0.3 is 0 Å². The average molecular weight is 301 g/mol. The number of rotatable bonds is 6. The summed E-state index contributed by atoms with van der Waals surface area (Å²) in [5, 5.41) is 4.42. The van der Waals surface area contributed by atoms with E-state index in [0.29, 0.717) is 17.9 Å². The van der Waals surface area contributed by atoms with Crippen molar-refractivity contribution in [1.29, 1.82) is 0 Å². The topological polar surface area (TPSA) is 24.9 Å². The summed E-state index contributed by atoms with van der Waals surface area (Å²) in [4.78, 5) is 4.07. The minimum Gasteiger partial charge on any atom is -0.314 e. The van der Waals surface area contributed by atoms with Crippen molar-refractivity contribution in [3.05, 3.63) is 64.9 Å². The fourth-order valence-electron chi connectivity index (χ4n) is 3.19. The lowest BCUT2D eigenvalue weighted by Crippen LogP contribution is -2.33. The molecular weight excluding hydrogens is 280 g/mol. The Hall–Kier alpha value is -1.38. The molecule has 0 radical (unpaired) electrons. The summed E-state index contributed by atoms with van der Waals surface area (Å²) in [6.07, 6.45) is 5.81. The van der Waals surface area contributed by atoms with Crippen LogP contribution in [-0.4, -0.2) is 17.6 Å². The van der Waals surface area contributed by atoms with E-state index in [-0.39, 0.29) is 0 Å². The number of nitrogens with one attached hydrogen (secondary N) is 1. The van der Waals surface area contributed by atoms with Crippen LogP contribution in [-0.2, 0) is 6.42 Å². The second-order valence-electron chi connectivity index (χ2n) is 5.75. The third-order valence-corrected chi connectivity index (χ3v) is 4.69. The van der Waals surface area contributed by atoms with Gasteiger partial charge in [-0.25, -0.2) is 0 Å². The van der Waals surface area contributed by atoms with Crippen LogP contribution in [0.5, 0.6) is 0 Å². The van der Waals surface area contributed by atoms with Gasteiger partial charge in [-0.1, -0.05) is 48.9 Å². The van der Waals surface area contributed by atoms with Crippen molar-refractivity contribution < 1.29 is 0 Å². The molecule has 21 heavy (non-hydrogen) atoms. The van der Waals surface area contributed by atoms with E-state index in [2.05, 4.69) is 47.6 Å². The molecule has 0 spiro atoms. The standard InChI is InChI=1S/C18H21ClN2/c1-2-21-18(10-14-8-9-20-12-17(14)19)16-11-15(16)13-6-4-3-5-7-13/h3-9,12,15-16,18,21H,2,10-11H2,1H3. The van der Waals surface area contributed by atoms with Crippen LogP contribution in [0.15, 0.2) is 48.8 Å². The first-order valence-electron chi connectivity index (χ1n) is 7.66. The molecule has 3 unspecified atom stereocenters. The molecule has 0 bridgehead atoms. The van der Waals surface area contributed by atoms with Gasteiger partial charge in [0.15, 0.2) is 0 Å². The van der Waals surface area contributed by atoms with E-state index in [1.165, 1.54) is 17.5 Å². The first-order valence-corrected chi connectivity index (χ1v) is 8.04. The van der Waals surface area contributed by atoms with E-state index >= 15 is 0 Å². The molecule has 1 fully saturated rings. The lowest BCUT2D eigenvalue weighted by Gasteiger charge is -2.19. The van der Waals surface area contributed by atoms with Crippen LogP contribution >= 0.6 is 11.6 Å². The van der Waals surface area contributed by atoms with Crippen molar-refractivity contribution in [3.8, 4) is 0 Å². The second-order valence-corrected chi connectivity index (χ2v) is 6.16. The predicted molar refractivity (Wildman–Crippen MR) is 87.7 cm³/mol. The summed E-state index contributed by atoms with van der Waals surface area (Å²) < 4.78 is 0. The minimum atomic E-state index is 0.486. The maximum absolute atomic E-state index is 6.26. The monoisotopic (exact) mass is 300 g/mol. The first kappa shape index (κ1) is 14.6. The summed E-state index contributed by atoms with van der Waals surface area (Å²) in [6.45, 7) is 3.16. The van der Waals surface area contributed by atoms with Gasteiger partial charge in [0.1, 0.15) is 0 Å². The molecule has 0 aliphatic heterocycles. The van der Waals surface area contributed by atoms with Gasteiger partial charge in [0, 0.05) is 18.4 Å². The SMILES string of the molecule is CCNC(Cc1ccncc1Cl)C1CC1c1ccccc1. The van der Waals surface area contributed by atoms with Crippen molar-refractivity contribution in [2.45, 2.75) is 31.7 Å². The molecule has 2 nitrogen and oxygen atoms in total. The van der Waals surface area contributed by atoms with Crippen LogP contribution in [0.1, 0.15) is 30.4 Å². The average Bonchev–Trinajstić information content (AvgIpc) is 3.30. The van der Waals surface area contributed by atoms with Gasteiger partial charge < -0.3 is 5.32 Å². The smallest absolute Gasteiger partial charge is 0.0621 e. The van der Waals surface area contributed by atoms with Gasteiger partial charge in [-0.3, -0.25) is 4.98 Å². The van der Waals surface area contributed by atoms with Crippen molar-refractivity contribution in [1.82, 2.24) is 10.3 Å². The van der Waals surface area contributed by atoms with E-state index in [4.69, 9.17) is 11.6 Å². The van der Waals surface area contributed by atoms with Crippen LogP contribution in [0.4, 0.5) is 0 Å². The highest BCUT2D eigenvalue weighted by molar-refractivity contribution is 6.31. The summed E-state index contributed by atoms with van der Waals surface area (Å²) in [5.74, 6) is 1.40. The van der Waals surface area contributed by atoms with Crippen molar-refractivity contribution >= 4 is 11.6 Å². The lowest BCUT2D eigenvalue weighted by molar-refractivity contribution is 0.464. The van der Waals surface area contributed by atoms with Crippen LogP contribution in [0.3, 0.4) is 0 Å². The normalized spacial score (nSPS) is 22.0. The van der Waals surface area contributed by atoms with Gasteiger partial charge in [0.05, 0.1) is 5.02 Å². The Bertz CT molecular complexity index is 585. The van der Waals surface area contributed by atoms with E-state index in [0.717, 1.165) is 18.0 Å². The van der Waals surface area contributed by atoms with E-state index in [9.17, 15) is 0 Å². The Morgan fingerprint density at radius 3 is 2.81 bits per heavy atom. The molecule has 1 aromatic carbocycles. The molecule has 1 heterocycles. The zero-order chi connectivity index (χ0) is 14.7. The predicted octanol–water partition coefficient (Wildman–Crippen LogP) is 4.06. The Kier molecular flexibility index (Phi) is 4.57. The zero-order valence-electron chi connectivity index (χ0n) is 12.3. The van der Waals surface area contributed by atoms with Gasteiger partial charge in [-0.15, -0.1) is 0 Å². The molecule has 2 aromatic rings. The number of hydrogen-bond donors (Lipinski definition) is 1. The summed E-state index contributed by atoms with van der Waals surface area (Å²) >= 11 is 6.26. The van der Waals surface area contributed by atoms with Crippen molar-refractivity contribution in [3.63, 3.8) is 0 Å². The molecule has 0 amide bonds. The highest BCUT2D eigenvalue weighted by Gasteiger charge is 2.43. The Labute approximate surface area is 131 Å². The van der Waals surface area contributed by atoms with Crippen LogP contribution in [0, 0.1) is 5.92 Å². The maximum atomic E-state index is 6.26. The van der Waals surface area contributed by atoms with Crippen LogP contribution < -0.4 is 5.32 Å². The highest BCUT2D eigenvalue weighted by atomic mass is 35.5. The van der Waals surface area contributed by atoms with Crippen LogP contribution in [0.2, 0.25) is 5.02 Å². The molecular formula is C18H21ClN2. The van der Waals surface area contributed by atoms with E-state index in [1.807, 2.05) is 12.3 Å². The molecule has 3 atom stereocenters. The number of aromatic nitrogens is 1. The summed E-state index contributed by atoms with van der Waals surface area (Å²) in [6, 6.07) is 13.4. The molecule has 3 rings (SSSR count). The Balaban J connectivity index is 1.70. The van der Waals surface area contributed by atoms with Gasteiger partial charge in [0.2, 0.25) is 0 Å². The zero-order valence-corrected chi connectivity index (χ0v) is 13.1.